The first-order valence-corrected chi connectivity index (χ1v) is 10.4. The maximum absolute atomic E-state index is 10.8. The van der Waals surface area contributed by atoms with Crippen LogP contribution >= 0.6 is 11.3 Å². The molecule has 0 aliphatic carbocycles. The van der Waals surface area contributed by atoms with Crippen LogP contribution in [0.4, 0.5) is 0 Å². The smallest absolute Gasteiger partial charge is 0.211 e. The Balaban J connectivity index is 1.74. The van der Waals surface area contributed by atoms with Crippen molar-refractivity contribution in [1.29, 1.82) is 0 Å². The van der Waals surface area contributed by atoms with Crippen LogP contribution in [-0.4, -0.2) is 9.67 Å². The Hall–Kier alpha value is -2.92. The molecule has 0 spiro atoms. The second-order valence-electron chi connectivity index (χ2n) is 6.79. The van der Waals surface area contributed by atoms with E-state index in [0.717, 1.165) is 50.8 Å². The fraction of sp³-hybridized carbons (Fsp3) is 0.217. The lowest BCUT2D eigenvalue weighted by Crippen LogP contribution is -2.14. The Morgan fingerprint density at radius 1 is 1.18 bits per heavy atom. The highest BCUT2D eigenvalue weighted by molar-refractivity contribution is 7.10. The van der Waals surface area contributed by atoms with Crippen LogP contribution in [0.25, 0.3) is 12.2 Å². The first-order chi connectivity index (χ1) is 13.7. The molecule has 1 aliphatic rings. The van der Waals surface area contributed by atoms with Gasteiger partial charge < -0.3 is 5.11 Å². The van der Waals surface area contributed by atoms with Gasteiger partial charge >= 0.3 is 0 Å². The normalized spacial score (nSPS) is 13.8. The van der Waals surface area contributed by atoms with E-state index in [1.54, 1.807) is 0 Å². The summed E-state index contributed by atoms with van der Waals surface area (Å²) >= 11 is 1.53. The minimum absolute atomic E-state index is 0.297. The van der Waals surface area contributed by atoms with Crippen molar-refractivity contribution in [3.8, 4) is 5.88 Å². The number of benzene rings is 2. The van der Waals surface area contributed by atoms with Gasteiger partial charge in [-0.3, -0.25) is 14.6 Å². The van der Waals surface area contributed by atoms with Gasteiger partial charge in [-0.05, 0) is 41.5 Å². The first kappa shape index (κ1) is 18.4. The van der Waals surface area contributed by atoms with Crippen LogP contribution in [0.1, 0.15) is 35.8 Å². The van der Waals surface area contributed by atoms with E-state index in [4.69, 9.17) is 4.99 Å². The molecule has 0 atom stereocenters. The minimum Gasteiger partial charge on any atom is -0.493 e. The lowest BCUT2D eigenvalue weighted by Gasteiger charge is -2.03. The van der Waals surface area contributed by atoms with Gasteiger partial charge in [-0.25, -0.2) is 0 Å². The molecule has 0 unspecified atom stereocenters. The predicted octanol–water partition coefficient (Wildman–Crippen LogP) is 3.59. The molecule has 1 aromatic heterocycles. The molecule has 1 aliphatic heterocycles. The van der Waals surface area contributed by atoms with Gasteiger partial charge in [0.25, 0.3) is 0 Å². The molecule has 1 N–H and O–H groups in total. The van der Waals surface area contributed by atoms with E-state index in [0.29, 0.717) is 12.4 Å². The number of unbranched alkanes of at least 4 members (excludes halogenated alkanes) is 1. The molecule has 28 heavy (non-hydrogen) atoms. The standard InChI is InChI=1S/C23H23N3OS/c1-2-3-13-26-22(27)21(15-18-9-10-20-19(14-18)11-12-24-20)28-23(26)25-16-17-7-5-4-6-8-17/h4-12,14-15,27H,2-3,13,16H2,1H3/b18-15+,25-23?. The van der Waals surface area contributed by atoms with Gasteiger partial charge in [0.1, 0.15) is 0 Å². The van der Waals surface area contributed by atoms with E-state index in [9.17, 15) is 5.11 Å². The topological polar surface area (TPSA) is 49.9 Å². The molecular formula is C23H23N3OS. The number of thiazole rings is 1. The van der Waals surface area contributed by atoms with Crippen LogP contribution < -0.4 is 15.4 Å². The molecule has 4 nitrogen and oxygen atoms in total. The van der Waals surface area contributed by atoms with Crippen LogP contribution in [0.2, 0.25) is 0 Å². The van der Waals surface area contributed by atoms with E-state index >= 15 is 0 Å². The molecular weight excluding hydrogens is 366 g/mol. The molecule has 0 bridgehead atoms. The van der Waals surface area contributed by atoms with Crippen LogP contribution in [0.15, 0.2) is 64.7 Å². The molecule has 5 heteroatoms. The highest BCUT2D eigenvalue weighted by atomic mass is 32.1. The Bertz CT molecular complexity index is 1190. The molecule has 0 saturated carbocycles. The number of hydrogen-bond donors (Lipinski definition) is 1. The number of rotatable bonds is 6. The number of fused-ring (bicyclic) bond motifs is 1. The van der Waals surface area contributed by atoms with Crippen LogP contribution in [0, 0.1) is 0 Å². The molecule has 0 saturated heterocycles. The Labute approximate surface area is 168 Å². The van der Waals surface area contributed by atoms with Crippen molar-refractivity contribution < 1.29 is 5.11 Å². The summed E-state index contributed by atoms with van der Waals surface area (Å²) < 4.78 is 1.94. The zero-order chi connectivity index (χ0) is 19.3. The fourth-order valence-electron chi connectivity index (χ4n) is 3.16. The molecule has 3 aromatic rings. The van der Waals surface area contributed by atoms with Crippen LogP contribution in [0.3, 0.4) is 0 Å². The number of nitrogens with zero attached hydrogens (tertiary/aromatic N) is 3. The van der Waals surface area contributed by atoms with Crippen molar-refractivity contribution in [1.82, 2.24) is 4.57 Å². The molecule has 4 rings (SSSR count). The number of hydrogen-bond acceptors (Lipinski definition) is 4. The second kappa shape index (κ2) is 8.40. The molecule has 0 fully saturated rings. The van der Waals surface area contributed by atoms with Crippen molar-refractivity contribution in [3.05, 3.63) is 86.1 Å². The quantitative estimate of drug-likeness (QED) is 0.688. The summed E-state index contributed by atoms with van der Waals surface area (Å²) in [6.07, 6.45) is 7.92. The first-order valence-electron chi connectivity index (χ1n) is 9.58. The molecule has 2 heterocycles. The average Bonchev–Trinajstić information content (AvgIpc) is 3.30. The molecule has 142 valence electrons. The summed E-state index contributed by atoms with van der Waals surface area (Å²) in [4.78, 5) is 10.8. The van der Waals surface area contributed by atoms with E-state index in [-0.39, 0.29) is 0 Å². The zero-order valence-corrected chi connectivity index (χ0v) is 16.7. The summed E-state index contributed by atoms with van der Waals surface area (Å²) in [6, 6.07) is 16.3. The van der Waals surface area contributed by atoms with Crippen LogP contribution in [0.5, 0.6) is 5.88 Å². The second-order valence-corrected chi connectivity index (χ2v) is 7.80. The highest BCUT2D eigenvalue weighted by Gasteiger charge is 2.10. The van der Waals surface area contributed by atoms with Gasteiger partial charge in [0.2, 0.25) is 5.88 Å². The third kappa shape index (κ3) is 3.99. The van der Waals surface area contributed by atoms with E-state index in [2.05, 4.69) is 30.1 Å². The van der Waals surface area contributed by atoms with Crippen molar-refractivity contribution in [2.45, 2.75) is 32.9 Å². The maximum atomic E-state index is 10.8. The van der Waals surface area contributed by atoms with Crippen molar-refractivity contribution in [2.24, 2.45) is 9.98 Å². The summed E-state index contributed by atoms with van der Waals surface area (Å²) in [5.41, 5.74) is 2.27. The summed E-state index contributed by atoms with van der Waals surface area (Å²) in [6.45, 7) is 3.53. The van der Waals surface area contributed by atoms with Gasteiger partial charge in [-0.2, -0.15) is 0 Å². The van der Waals surface area contributed by atoms with Gasteiger partial charge in [-0.1, -0.05) is 61.1 Å². The minimum atomic E-state index is 0.297. The zero-order valence-electron chi connectivity index (χ0n) is 15.9. The van der Waals surface area contributed by atoms with Crippen molar-refractivity contribution in [2.75, 3.05) is 0 Å². The molecule has 2 aromatic carbocycles. The van der Waals surface area contributed by atoms with Crippen LogP contribution in [-0.2, 0) is 13.1 Å². The largest absolute Gasteiger partial charge is 0.493 e. The summed E-state index contributed by atoms with van der Waals surface area (Å²) in [5.74, 6) is 0.297. The average molecular weight is 390 g/mol. The number of aromatic hydroxyl groups is 1. The maximum Gasteiger partial charge on any atom is 0.211 e. The van der Waals surface area contributed by atoms with Gasteiger partial charge in [0.15, 0.2) is 4.80 Å². The third-order valence-electron chi connectivity index (χ3n) is 4.70. The monoisotopic (exact) mass is 389 g/mol. The highest BCUT2D eigenvalue weighted by Crippen LogP contribution is 2.21. The number of aromatic nitrogens is 1. The lowest BCUT2D eigenvalue weighted by molar-refractivity contribution is 0.405. The predicted molar refractivity (Wildman–Crippen MR) is 114 cm³/mol. The fourth-order valence-corrected chi connectivity index (χ4v) is 4.17. The van der Waals surface area contributed by atoms with E-state index in [1.165, 1.54) is 11.3 Å². The Morgan fingerprint density at radius 2 is 2.04 bits per heavy atom. The molecule has 0 amide bonds. The summed E-state index contributed by atoms with van der Waals surface area (Å²) in [5, 5.41) is 12.9. The van der Waals surface area contributed by atoms with Gasteiger partial charge in [-0.15, -0.1) is 0 Å². The van der Waals surface area contributed by atoms with E-state index < -0.39 is 0 Å². The Morgan fingerprint density at radius 3 is 2.86 bits per heavy atom. The van der Waals surface area contributed by atoms with E-state index in [1.807, 2.05) is 53.3 Å². The van der Waals surface area contributed by atoms with Crippen molar-refractivity contribution >= 4 is 23.5 Å². The third-order valence-corrected chi connectivity index (χ3v) is 5.75. The lowest BCUT2D eigenvalue weighted by atomic mass is 10.2. The Kier molecular flexibility index (Phi) is 5.53. The molecule has 0 radical (unpaired) electrons. The van der Waals surface area contributed by atoms with Gasteiger partial charge in [0.05, 0.1) is 16.8 Å². The van der Waals surface area contributed by atoms with Gasteiger partial charge in [0, 0.05) is 18.3 Å². The summed E-state index contributed by atoms with van der Waals surface area (Å²) in [7, 11) is 0. The van der Waals surface area contributed by atoms with Crippen molar-refractivity contribution in [3.63, 3.8) is 0 Å². The SMILES string of the molecule is CCCCn1c(O)c(/C=c2\ccc3c(c2)C=CN=3)sc1=NCc1ccccc1.